The number of halogens is 1. The number of carbonyl (C=O) groups is 2. The standard InChI is InChI=1S/C34H41ClO8/c1-19-20(2)28(33(36)37)30(39-7)23(5)27(19)34(38)43-32-22(4)21(3)29(24(6)31(32)40-8)42-18-12-10-9-11-17-41-26-15-13-25(35)14-16-26/h13-16H,9-12,17-18H2,1-8H3,(H,36,37). The molecule has 3 aromatic carbocycles. The molecule has 0 aliphatic heterocycles. The zero-order valence-electron chi connectivity index (χ0n) is 26.2. The van der Waals surface area contributed by atoms with E-state index in [1.165, 1.54) is 14.2 Å². The van der Waals surface area contributed by atoms with Gasteiger partial charge in [0, 0.05) is 21.7 Å². The van der Waals surface area contributed by atoms with Crippen molar-refractivity contribution in [3.8, 4) is 28.7 Å². The summed E-state index contributed by atoms with van der Waals surface area (Å²) in [6.07, 6.45) is 3.83. The van der Waals surface area contributed by atoms with Gasteiger partial charge in [0.25, 0.3) is 0 Å². The third kappa shape index (κ3) is 7.54. The van der Waals surface area contributed by atoms with Crippen LogP contribution in [0.15, 0.2) is 24.3 Å². The minimum absolute atomic E-state index is 0.0299. The number of carboxylic acids is 1. The average molecular weight is 613 g/mol. The molecule has 3 rings (SSSR count). The number of unbranched alkanes of at least 4 members (excludes halogenated alkanes) is 3. The van der Waals surface area contributed by atoms with Crippen LogP contribution in [0.2, 0.25) is 5.02 Å². The van der Waals surface area contributed by atoms with E-state index in [4.69, 9.17) is 35.3 Å². The first-order chi connectivity index (χ1) is 20.4. The molecule has 1 N–H and O–H groups in total. The van der Waals surface area contributed by atoms with Crippen molar-refractivity contribution < 1.29 is 38.4 Å². The highest BCUT2D eigenvalue weighted by atomic mass is 35.5. The van der Waals surface area contributed by atoms with Crippen LogP contribution in [0.25, 0.3) is 0 Å². The maximum absolute atomic E-state index is 13.6. The van der Waals surface area contributed by atoms with E-state index >= 15 is 0 Å². The van der Waals surface area contributed by atoms with E-state index in [1.807, 2.05) is 45.0 Å². The number of carbonyl (C=O) groups excluding carboxylic acids is 1. The second kappa shape index (κ2) is 15.0. The molecule has 43 heavy (non-hydrogen) atoms. The Hall–Kier alpha value is -3.91. The van der Waals surface area contributed by atoms with Gasteiger partial charge in [-0.25, -0.2) is 9.59 Å². The van der Waals surface area contributed by atoms with Gasteiger partial charge in [0.2, 0.25) is 0 Å². The van der Waals surface area contributed by atoms with Gasteiger partial charge in [0.1, 0.15) is 22.8 Å². The number of methoxy groups -OCH3 is 2. The summed E-state index contributed by atoms with van der Waals surface area (Å²) in [5.74, 6) is 0.617. The van der Waals surface area contributed by atoms with Gasteiger partial charge in [-0.2, -0.15) is 0 Å². The highest BCUT2D eigenvalue weighted by Crippen LogP contribution is 2.44. The maximum Gasteiger partial charge on any atom is 0.344 e. The summed E-state index contributed by atoms with van der Waals surface area (Å²) >= 11 is 5.91. The molecule has 0 atom stereocenters. The van der Waals surface area contributed by atoms with Crippen molar-refractivity contribution in [2.24, 2.45) is 0 Å². The van der Waals surface area contributed by atoms with E-state index in [-0.39, 0.29) is 16.9 Å². The summed E-state index contributed by atoms with van der Waals surface area (Å²) in [6, 6.07) is 7.35. The molecule has 0 radical (unpaired) electrons. The second-order valence-electron chi connectivity index (χ2n) is 10.5. The van der Waals surface area contributed by atoms with Crippen LogP contribution in [0.4, 0.5) is 0 Å². The van der Waals surface area contributed by atoms with Gasteiger partial charge in [0.15, 0.2) is 11.5 Å². The Bertz CT molecular complexity index is 1480. The third-order valence-electron chi connectivity index (χ3n) is 7.77. The first-order valence-electron chi connectivity index (χ1n) is 14.3. The van der Waals surface area contributed by atoms with Gasteiger partial charge in [0.05, 0.1) is 33.0 Å². The number of hydrogen-bond donors (Lipinski definition) is 1. The number of hydrogen-bond acceptors (Lipinski definition) is 7. The Morgan fingerprint density at radius 2 is 1.16 bits per heavy atom. The lowest BCUT2D eigenvalue weighted by Gasteiger charge is -2.22. The zero-order valence-corrected chi connectivity index (χ0v) is 27.0. The number of esters is 1. The monoisotopic (exact) mass is 612 g/mol. The highest BCUT2D eigenvalue weighted by Gasteiger charge is 2.29. The molecular formula is C34H41ClO8. The van der Waals surface area contributed by atoms with Gasteiger partial charge in [-0.1, -0.05) is 11.6 Å². The van der Waals surface area contributed by atoms with Crippen molar-refractivity contribution >= 4 is 23.5 Å². The molecule has 0 saturated carbocycles. The van der Waals surface area contributed by atoms with Crippen LogP contribution in [0.1, 0.15) is 79.8 Å². The number of carboxylic acid groups (broad SMARTS) is 1. The second-order valence-corrected chi connectivity index (χ2v) is 10.9. The lowest BCUT2D eigenvalue weighted by molar-refractivity contribution is 0.0685. The Balaban J connectivity index is 1.69. The van der Waals surface area contributed by atoms with Crippen LogP contribution < -0.4 is 23.7 Å². The molecule has 3 aromatic rings. The van der Waals surface area contributed by atoms with Crippen molar-refractivity contribution in [2.75, 3.05) is 27.4 Å². The molecule has 0 unspecified atom stereocenters. The van der Waals surface area contributed by atoms with E-state index in [0.29, 0.717) is 57.7 Å². The zero-order chi connectivity index (χ0) is 31.8. The van der Waals surface area contributed by atoms with Crippen molar-refractivity contribution in [1.82, 2.24) is 0 Å². The summed E-state index contributed by atoms with van der Waals surface area (Å²) in [7, 11) is 2.91. The Morgan fingerprint density at radius 1 is 0.628 bits per heavy atom. The van der Waals surface area contributed by atoms with Crippen LogP contribution in [0.5, 0.6) is 28.7 Å². The van der Waals surface area contributed by atoms with Gasteiger partial charge >= 0.3 is 11.9 Å². The van der Waals surface area contributed by atoms with Crippen molar-refractivity contribution in [3.05, 3.63) is 73.8 Å². The maximum atomic E-state index is 13.6. The quantitative estimate of drug-likeness (QED) is 0.111. The first-order valence-corrected chi connectivity index (χ1v) is 14.6. The van der Waals surface area contributed by atoms with Gasteiger partial charge in [-0.05, 0) is 108 Å². The molecule has 8 nitrogen and oxygen atoms in total. The molecule has 9 heteroatoms. The SMILES string of the molecule is COc1c(C)c(OCCCCCCOc2ccc(Cl)cc2)c(C)c(C)c1OC(=O)c1c(C)c(C)c(C(=O)O)c(OC)c1C. The molecule has 0 bridgehead atoms. The van der Waals surface area contributed by atoms with Gasteiger partial charge in [-0.15, -0.1) is 0 Å². The molecule has 0 fully saturated rings. The topological polar surface area (TPSA) is 101 Å². The minimum atomic E-state index is -1.12. The molecule has 232 valence electrons. The predicted molar refractivity (Wildman–Crippen MR) is 167 cm³/mol. The fraction of sp³-hybridized carbons (Fsp3) is 0.412. The summed E-state index contributed by atoms with van der Waals surface area (Å²) in [5, 5.41) is 10.4. The lowest BCUT2D eigenvalue weighted by atomic mass is 9.92. The van der Waals surface area contributed by atoms with Crippen LogP contribution >= 0.6 is 11.6 Å². The number of ether oxygens (including phenoxy) is 5. The molecule has 0 aromatic heterocycles. The van der Waals surface area contributed by atoms with Crippen LogP contribution in [0, 0.1) is 41.5 Å². The first kappa shape index (κ1) is 33.6. The largest absolute Gasteiger partial charge is 0.496 e. The number of rotatable bonds is 14. The summed E-state index contributed by atoms with van der Waals surface area (Å²) < 4.78 is 29.0. The van der Waals surface area contributed by atoms with E-state index < -0.39 is 11.9 Å². The average Bonchev–Trinajstić information content (AvgIpc) is 2.97. The van der Waals surface area contributed by atoms with E-state index in [2.05, 4.69) is 0 Å². The summed E-state index contributed by atoms with van der Waals surface area (Å²) in [5.41, 5.74) is 3.94. The third-order valence-corrected chi connectivity index (χ3v) is 8.03. The van der Waals surface area contributed by atoms with Crippen molar-refractivity contribution in [1.29, 1.82) is 0 Å². The molecule has 0 spiro atoms. The summed E-state index contributed by atoms with van der Waals surface area (Å²) in [6.45, 7) is 11.8. The Labute approximate surface area is 258 Å². The molecular weight excluding hydrogens is 572 g/mol. The molecule has 0 amide bonds. The molecule has 0 aliphatic rings. The molecule has 0 heterocycles. The molecule has 0 aliphatic carbocycles. The highest BCUT2D eigenvalue weighted by molar-refractivity contribution is 6.30. The Morgan fingerprint density at radius 3 is 1.72 bits per heavy atom. The minimum Gasteiger partial charge on any atom is -0.496 e. The van der Waals surface area contributed by atoms with E-state index in [1.54, 1.807) is 20.8 Å². The van der Waals surface area contributed by atoms with Gasteiger partial charge < -0.3 is 28.8 Å². The van der Waals surface area contributed by atoms with E-state index in [0.717, 1.165) is 42.6 Å². The lowest BCUT2D eigenvalue weighted by Crippen LogP contribution is -2.18. The number of aromatic carboxylic acids is 1. The van der Waals surface area contributed by atoms with E-state index in [9.17, 15) is 14.7 Å². The fourth-order valence-electron chi connectivity index (χ4n) is 5.19. The molecule has 0 saturated heterocycles. The van der Waals surface area contributed by atoms with Crippen molar-refractivity contribution in [3.63, 3.8) is 0 Å². The van der Waals surface area contributed by atoms with Crippen LogP contribution in [-0.2, 0) is 0 Å². The van der Waals surface area contributed by atoms with Crippen molar-refractivity contribution in [2.45, 2.75) is 67.2 Å². The normalized spacial score (nSPS) is 10.8. The van der Waals surface area contributed by atoms with Crippen LogP contribution in [0.3, 0.4) is 0 Å². The Kier molecular flexibility index (Phi) is 11.7. The smallest absolute Gasteiger partial charge is 0.344 e. The summed E-state index contributed by atoms with van der Waals surface area (Å²) in [4.78, 5) is 25.5. The van der Waals surface area contributed by atoms with Crippen LogP contribution in [-0.4, -0.2) is 44.5 Å². The fourth-order valence-corrected chi connectivity index (χ4v) is 5.32. The van der Waals surface area contributed by atoms with Gasteiger partial charge in [-0.3, -0.25) is 0 Å². The number of benzene rings is 3. The predicted octanol–water partition coefficient (Wildman–Crippen LogP) is 8.14.